The Bertz CT molecular complexity index is 553. The maximum Gasteiger partial charge on any atom is 0.263 e. The fourth-order valence-electron chi connectivity index (χ4n) is 2.06. The number of ether oxygens (including phenoxy) is 1. The first-order chi connectivity index (χ1) is 9.61. The summed E-state index contributed by atoms with van der Waals surface area (Å²) in [6, 6.07) is 13.1. The molecule has 2 nitrogen and oxygen atoms in total. The van der Waals surface area contributed by atoms with E-state index >= 15 is 0 Å². The summed E-state index contributed by atoms with van der Waals surface area (Å²) in [5.74, 6) is 0.704. The normalized spacial score (nSPS) is 12.4. The van der Waals surface area contributed by atoms with Gasteiger partial charge in [0.1, 0.15) is 5.75 Å². The Hall–Kier alpha value is -1.94. The molecule has 0 fully saturated rings. The van der Waals surface area contributed by atoms with Crippen molar-refractivity contribution in [2.75, 3.05) is 7.11 Å². The van der Waals surface area contributed by atoms with E-state index in [1.807, 2.05) is 24.3 Å². The van der Waals surface area contributed by atoms with Gasteiger partial charge in [0, 0.05) is 12.0 Å². The van der Waals surface area contributed by atoms with Crippen molar-refractivity contribution in [2.45, 2.75) is 19.0 Å². The number of halogens is 2. The molecular formula is C16H16F2O2. The minimum atomic E-state index is -2.49. The largest absolute Gasteiger partial charge is 0.496 e. The molecule has 0 saturated carbocycles. The Morgan fingerprint density at radius 2 is 1.60 bits per heavy atom. The molecule has 0 aromatic heterocycles. The third-order valence-electron chi connectivity index (χ3n) is 3.18. The van der Waals surface area contributed by atoms with Gasteiger partial charge in [-0.2, -0.15) is 0 Å². The molecule has 2 aromatic rings. The van der Waals surface area contributed by atoms with Crippen molar-refractivity contribution in [2.24, 2.45) is 0 Å². The van der Waals surface area contributed by atoms with Crippen molar-refractivity contribution in [3.63, 3.8) is 0 Å². The van der Waals surface area contributed by atoms with Gasteiger partial charge in [-0.25, -0.2) is 8.78 Å². The van der Waals surface area contributed by atoms with Crippen LogP contribution in [-0.4, -0.2) is 12.2 Å². The molecular weight excluding hydrogens is 262 g/mol. The second-order valence-electron chi connectivity index (χ2n) is 4.50. The third kappa shape index (κ3) is 3.33. The first kappa shape index (κ1) is 14.5. The summed E-state index contributed by atoms with van der Waals surface area (Å²) in [6.07, 6.45) is -2.87. The number of rotatable bonds is 5. The second kappa shape index (κ2) is 6.48. The lowest BCUT2D eigenvalue weighted by molar-refractivity contribution is 0.151. The van der Waals surface area contributed by atoms with E-state index in [9.17, 15) is 13.9 Å². The fourth-order valence-corrected chi connectivity index (χ4v) is 2.06. The molecule has 1 N–H and O–H groups in total. The lowest BCUT2D eigenvalue weighted by Crippen LogP contribution is -2.03. The molecule has 1 unspecified atom stereocenters. The molecule has 4 heteroatoms. The summed E-state index contributed by atoms with van der Waals surface area (Å²) in [5.41, 5.74) is 1.44. The number of aliphatic hydroxyl groups excluding tert-OH is 1. The average molecular weight is 278 g/mol. The third-order valence-corrected chi connectivity index (χ3v) is 3.18. The van der Waals surface area contributed by atoms with Crippen molar-refractivity contribution in [3.8, 4) is 5.75 Å². The number of methoxy groups -OCH3 is 1. The van der Waals surface area contributed by atoms with Crippen molar-refractivity contribution in [1.82, 2.24) is 0 Å². The molecule has 0 aliphatic rings. The van der Waals surface area contributed by atoms with E-state index in [2.05, 4.69) is 0 Å². The Labute approximate surface area is 116 Å². The maximum atomic E-state index is 12.5. The highest BCUT2D eigenvalue weighted by molar-refractivity contribution is 5.35. The summed E-state index contributed by atoms with van der Waals surface area (Å²) in [4.78, 5) is 0. The van der Waals surface area contributed by atoms with E-state index in [-0.39, 0.29) is 5.56 Å². The van der Waals surface area contributed by atoms with Crippen LogP contribution in [0.25, 0.3) is 0 Å². The van der Waals surface area contributed by atoms with Gasteiger partial charge in [-0.15, -0.1) is 0 Å². The zero-order valence-corrected chi connectivity index (χ0v) is 11.1. The minimum absolute atomic E-state index is 0.0433. The zero-order valence-electron chi connectivity index (χ0n) is 11.1. The lowest BCUT2D eigenvalue weighted by Gasteiger charge is -2.14. The van der Waals surface area contributed by atoms with Crippen molar-refractivity contribution in [3.05, 3.63) is 65.2 Å². The monoisotopic (exact) mass is 278 g/mol. The molecule has 0 heterocycles. The van der Waals surface area contributed by atoms with E-state index < -0.39 is 12.5 Å². The van der Waals surface area contributed by atoms with Crippen LogP contribution in [0, 0.1) is 0 Å². The zero-order chi connectivity index (χ0) is 14.5. The highest BCUT2D eigenvalue weighted by atomic mass is 19.3. The van der Waals surface area contributed by atoms with Crippen LogP contribution in [0.2, 0.25) is 0 Å². The van der Waals surface area contributed by atoms with Crippen molar-refractivity contribution < 1.29 is 18.6 Å². The molecule has 0 aliphatic heterocycles. The standard InChI is InChI=1S/C16H16F2O2/c1-20-15-5-3-2-4-13(15)10-14(19)11-6-8-12(9-7-11)16(17)18/h2-9,14,16,19H,10H2,1H3. The average Bonchev–Trinajstić information content (AvgIpc) is 2.48. The van der Waals surface area contributed by atoms with E-state index in [0.717, 1.165) is 5.56 Å². The van der Waals surface area contributed by atoms with Gasteiger partial charge in [-0.05, 0) is 17.2 Å². The first-order valence-corrected chi connectivity index (χ1v) is 6.29. The number of alkyl halides is 2. The molecule has 0 saturated heterocycles. The topological polar surface area (TPSA) is 29.5 Å². The molecule has 2 aromatic carbocycles. The number of para-hydroxylation sites is 1. The lowest BCUT2D eigenvalue weighted by atomic mass is 10.00. The molecule has 0 amide bonds. The maximum absolute atomic E-state index is 12.5. The SMILES string of the molecule is COc1ccccc1CC(O)c1ccc(C(F)F)cc1. The Balaban J connectivity index is 2.13. The van der Waals surface area contributed by atoms with E-state index in [0.29, 0.717) is 17.7 Å². The molecule has 106 valence electrons. The second-order valence-corrected chi connectivity index (χ2v) is 4.50. The van der Waals surface area contributed by atoms with E-state index in [1.165, 1.54) is 24.3 Å². The summed E-state index contributed by atoms with van der Waals surface area (Å²) in [5, 5.41) is 10.2. The molecule has 0 bridgehead atoms. The van der Waals surface area contributed by atoms with Crippen LogP contribution >= 0.6 is 0 Å². The van der Waals surface area contributed by atoms with Gasteiger partial charge < -0.3 is 9.84 Å². The van der Waals surface area contributed by atoms with Gasteiger partial charge in [0.25, 0.3) is 6.43 Å². The Kier molecular flexibility index (Phi) is 4.69. The summed E-state index contributed by atoms with van der Waals surface area (Å²) in [7, 11) is 1.57. The quantitative estimate of drug-likeness (QED) is 0.898. The Morgan fingerprint density at radius 1 is 1.00 bits per heavy atom. The van der Waals surface area contributed by atoms with Crippen molar-refractivity contribution >= 4 is 0 Å². The van der Waals surface area contributed by atoms with Crippen molar-refractivity contribution in [1.29, 1.82) is 0 Å². The molecule has 0 radical (unpaired) electrons. The number of aliphatic hydroxyl groups is 1. The molecule has 0 aliphatic carbocycles. The highest BCUT2D eigenvalue weighted by Gasteiger charge is 2.13. The smallest absolute Gasteiger partial charge is 0.263 e. The predicted octanol–water partition coefficient (Wildman–Crippen LogP) is 3.91. The molecule has 20 heavy (non-hydrogen) atoms. The number of hydrogen-bond donors (Lipinski definition) is 1. The Morgan fingerprint density at radius 3 is 2.20 bits per heavy atom. The van der Waals surface area contributed by atoms with Crippen LogP contribution in [0.4, 0.5) is 8.78 Å². The minimum Gasteiger partial charge on any atom is -0.496 e. The van der Waals surface area contributed by atoms with E-state index in [1.54, 1.807) is 7.11 Å². The van der Waals surface area contributed by atoms with Crippen LogP contribution in [-0.2, 0) is 6.42 Å². The van der Waals surface area contributed by atoms with Gasteiger partial charge in [0.15, 0.2) is 0 Å². The van der Waals surface area contributed by atoms with Crippen LogP contribution < -0.4 is 4.74 Å². The summed E-state index contributed by atoms with van der Waals surface area (Å²) in [6.45, 7) is 0. The molecule has 2 rings (SSSR count). The van der Waals surface area contributed by atoms with Crippen LogP contribution in [0.1, 0.15) is 29.2 Å². The van der Waals surface area contributed by atoms with Gasteiger partial charge >= 0.3 is 0 Å². The van der Waals surface area contributed by atoms with Gasteiger partial charge in [-0.1, -0.05) is 42.5 Å². The fraction of sp³-hybridized carbons (Fsp3) is 0.250. The summed E-state index contributed by atoms with van der Waals surface area (Å²) >= 11 is 0. The van der Waals surface area contributed by atoms with Crippen LogP contribution in [0.5, 0.6) is 5.75 Å². The van der Waals surface area contributed by atoms with Crippen LogP contribution in [0.15, 0.2) is 48.5 Å². The van der Waals surface area contributed by atoms with Gasteiger partial charge in [-0.3, -0.25) is 0 Å². The van der Waals surface area contributed by atoms with Gasteiger partial charge in [0.2, 0.25) is 0 Å². The van der Waals surface area contributed by atoms with E-state index in [4.69, 9.17) is 4.74 Å². The molecule has 1 atom stereocenters. The summed E-state index contributed by atoms with van der Waals surface area (Å²) < 4.78 is 30.2. The highest BCUT2D eigenvalue weighted by Crippen LogP contribution is 2.26. The predicted molar refractivity (Wildman–Crippen MR) is 73.1 cm³/mol. The van der Waals surface area contributed by atoms with Gasteiger partial charge in [0.05, 0.1) is 13.2 Å². The number of benzene rings is 2. The first-order valence-electron chi connectivity index (χ1n) is 6.29. The molecule has 0 spiro atoms. The number of hydrogen-bond acceptors (Lipinski definition) is 2. The van der Waals surface area contributed by atoms with Crippen LogP contribution in [0.3, 0.4) is 0 Å².